The molecule has 4 saturated carbocycles. The molecule has 4 N–H and O–H groups in total. The van der Waals surface area contributed by atoms with Gasteiger partial charge in [0, 0.05) is 12.5 Å². The van der Waals surface area contributed by atoms with Gasteiger partial charge in [0.25, 0.3) is 0 Å². The number of carbonyl (C=O) groups is 1. The third-order valence-corrected chi connectivity index (χ3v) is 10.3. The smallest absolute Gasteiger partial charge is 0.303 e. The highest BCUT2D eigenvalue weighted by atomic mass is 16.4. The summed E-state index contributed by atoms with van der Waals surface area (Å²) in [6.07, 6.45) is 10.2. The Hall–Kier alpha value is -0.610. The van der Waals surface area contributed by atoms with Crippen molar-refractivity contribution in [3.8, 4) is 0 Å². The Balaban J connectivity index is 1.55. The Kier molecular flexibility index (Phi) is 5.36. The van der Waals surface area contributed by atoms with Gasteiger partial charge in [-0.1, -0.05) is 20.8 Å². The molecule has 10 atom stereocenters. The van der Waals surface area contributed by atoms with Crippen LogP contribution >= 0.6 is 0 Å². The van der Waals surface area contributed by atoms with E-state index in [1.807, 2.05) is 0 Å². The molecule has 0 radical (unpaired) electrons. The highest BCUT2D eigenvalue weighted by molar-refractivity contribution is 5.66. The number of rotatable bonds is 4. The van der Waals surface area contributed by atoms with Crippen molar-refractivity contribution in [3.63, 3.8) is 0 Å². The average Bonchev–Trinajstić information content (AvgIpc) is 2.98. The molecule has 4 aliphatic carbocycles. The molecular formula is C24H41NO3. The minimum Gasteiger partial charge on any atom is -0.481 e. The molecule has 0 heterocycles. The third-order valence-electron chi connectivity index (χ3n) is 10.3. The second-order valence-corrected chi connectivity index (χ2v) is 11.5. The monoisotopic (exact) mass is 391 g/mol. The summed E-state index contributed by atoms with van der Waals surface area (Å²) in [5.41, 5.74) is 6.93. The lowest BCUT2D eigenvalue weighted by Crippen LogP contribution is -2.59. The zero-order valence-electron chi connectivity index (χ0n) is 18.1. The van der Waals surface area contributed by atoms with Crippen molar-refractivity contribution in [1.29, 1.82) is 0 Å². The fourth-order valence-electron chi connectivity index (χ4n) is 8.78. The third kappa shape index (κ3) is 3.14. The number of aliphatic carboxylic acids is 1. The largest absolute Gasteiger partial charge is 0.481 e. The van der Waals surface area contributed by atoms with Crippen LogP contribution in [0.1, 0.15) is 85.0 Å². The van der Waals surface area contributed by atoms with Crippen molar-refractivity contribution in [3.05, 3.63) is 0 Å². The van der Waals surface area contributed by atoms with Crippen LogP contribution in [0.3, 0.4) is 0 Å². The van der Waals surface area contributed by atoms with Crippen molar-refractivity contribution < 1.29 is 15.0 Å². The summed E-state index contributed by atoms with van der Waals surface area (Å²) >= 11 is 0. The average molecular weight is 392 g/mol. The number of carboxylic acid groups (broad SMARTS) is 1. The van der Waals surface area contributed by atoms with Gasteiger partial charge in [-0.2, -0.15) is 0 Å². The predicted octanol–water partition coefficient (Wildman–Crippen LogP) is 4.44. The number of fused-ring (bicyclic) bond motifs is 5. The number of aliphatic hydroxyl groups excluding tert-OH is 1. The van der Waals surface area contributed by atoms with Crippen LogP contribution in [0.15, 0.2) is 0 Å². The molecule has 0 aromatic carbocycles. The second kappa shape index (κ2) is 7.27. The van der Waals surface area contributed by atoms with Gasteiger partial charge in [-0.15, -0.1) is 0 Å². The van der Waals surface area contributed by atoms with Gasteiger partial charge in [-0.3, -0.25) is 4.79 Å². The zero-order valence-corrected chi connectivity index (χ0v) is 18.1. The Labute approximate surface area is 170 Å². The van der Waals surface area contributed by atoms with Crippen LogP contribution in [0, 0.1) is 46.3 Å². The van der Waals surface area contributed by atoms with E-state index in [4.69, 9.17) is 10.8 Å². The molecule has 4 nitrogen and oxygen atoms in total. The molecule has 6 unspecified atom stereocenters. The van der Waals surface area contributed by atoms with Crippen LogP contribution in [0.5, 0.6) is 0 Å². The normalized spacial score (nSPS) is 51.7. The van der Waals surface area contributed by atoms with Gasteiger partial charge in [0.2, 0.25) is 0 Å². The molecule has 0 saturated heterocycles. The van der Waals surface area contributed by atoms with Gasteiger partial charge in [0.05, 0.1) is 6.10 Å². The summed E-state index contributed by atoms with van der Waals surface area (Å²) in [5.74, 6) is 2.66. The van der Waals surface area contributed by atoms with E-state index in [-0.39, 0.29) is 17.9 Å². The first kappa shape index (κ1) is 20.7. The maximum absolute atomic E-state index is 11.3. The topological polar surface area (TPSA) is 83.5 Å². The molecule has 0 aliphatic heterocycles. The second-order valence-electron chi connectivity index (χ2n) is 11.5. The number of carboxylic acids is 1. The first-order valence-electron chi connectivity index (χ1n) is 11.8. The summed E-state index contributed by atoms with van der Waals surface area (Å²) < 4.78 is 0. The molecule has 4 fully saturated rings. The van der Waals surface area contributed by atoms with Crippen molar-refractivity contribution >= 4 is 5.97 Å². The van der Waals surface area contributed by atoms with Crippen molar-refractivity contribution in [2.75, 3.05) is 0 Å². The van der Waals surface area contributed by atoms with Crippen molar-refractivity contribution in [1.82, 2.24) is 0 Å². The minimum absolute atomic E-state index is 0.175. The fraction of sp³-hybridized carbons (Fsp3) is 0.958. The van der Waals surface area contributed by atoms with Gasteiger partial charge in [-0.25, -0.2) is 0 Å². The lowest BCUT2D eigenvalue weighted by molar-refractivity contribution is -0.166. The first-order valence-corrected chi connectivity index (χ1v) is 11.8. The standard InChI is InChI=1S/C24H41NO3/c1-14(4-7-21(27)28)17-5-6-18-22-19(9-11-24(17,18)3)23(2)10-8-16(25)12-15(23)13-20(22)26/h14-20,22,26H,4-13,25H2,1-3H3,(H,27,28)/t14-,15?,16-,17-,18?,19?,20-,22?,23?,24?/m1/s1. The van der Waals surface area contributed by atoms with Crippen LogP contribution in [-0.2, 0) is 4.79 Å². The summed E-state index contributed by atoms with van der Waals surface area (Å²) in [4.78, 5) is 11.1. The molecule has 160 valence electrons. The predicted molar refractivity (Wildman–Crippen MR) is 111 cm³/mol. The van der Waals surface area contributed by atoms with Gasteiger partial charge in [0.1, 0.15) is 0 Å². The molecule has 0 spiro atoms. The summed E-state index contributed by atoms with van der Waals surface area (Å²) in [7, 11) is 0. The van der Waals surface area contributed by atoms with Crippen LogP contribution < -0.4 is 5.73 Å². The number of nitrogens with two attached hydrogens (primary N) is 1. The Morgan fingerprint density at radius 1 is 1.07 bits per heavy atom. The Morgan fingerprint density at radius 3 is 2.46 bits per heavy atom. The van der Waals surface area contributed by atoms with Gasteiger partial charge in [0.15, 0.2) is 0 Å². The summed E-state index contributed by atoms with van der Waals surface area (Å²) in [6.45, 7) is 7.25. The van der Waals surface area contributed by atoms with Crippen LogP contribution in [-0.4, -0.2) is 28.3 Å². The quantitative estimate of drug-likeness (QED) is 0.661. The maximum Gasteiger partial charge on any atom is 0.303 e. The Bertz CT molecular complexity index is 609. The van der Waals surface area contributed by atoms with E-state index in [9.17, 15) is 9.90 Å². The van der Waals surface area contributed by atoms with E-state index >= 15 is 0 Å². The van der Waals surface area contributed by atoms with Crippen LogP contribution in [0.2, 0.25) is 0 Å². The van der Waals surface area contributed by atoms with Gasteiger partial charge >= 0.3 is 5.97 Å². The van der Waals surface area contributed by atoms with E-state index < -0.39 is 5.97 Å². The number of hydrogen-bond donors (Lipinski definition) is 3. The molecule has 0 aromatic heterocycles. The fourth-order valence-corrected chi connectivity index (χ4v) is 8.78. The molecule has 0 aromatic rings. The maximum atomic E-state index is 11.3. The van der Waals surface area contributed by atoms with Crippen molar-refractivity contribution in [2.45, 2.75) is 97.1 Å². The molecule has 28 heavy (non-hydrogen) atoms. The Morgan fingerprint density at radius 2 is 1.75 bits per heavy atom. The molecule has 4 rings (SSSR count). The number of hydrogen-bond acceptors (Lipinski definition) is 3. The molecule has 0 bridgehead atoms. The summed E-state index contributed by atoms with van der Waals surface area (Å²) in [5, 5.41) is 20.4. The van der Waals surface area contributed by atoms with Gasteiger partial charge in [-0.05, 0) is 104 Å². The van der Waals surface area contributed by atoms with E-state index in [0.717, 1.165) is 25.7 Å². The van der Waals surface area contributed by atoms with Crippen molar-refractivity contribution in [2.24, 2.45) is 52.1 Å². The van der Waals surface area contributed by atoms with Crippen LogP contribution in [0.4, 0.5) is 0 Å². The lowest BCUT2D eigenvalue weighted by Gasteiger charge is -2.62. The zero-order chi connectivity index (χ0) is 20.3. The number of aliphatic hydroxyl groups is 1. The molecular weight excluding hydrogens is 350 g/mol. The van der Waals surface area contributed by atoms with Crippen LogP contribution in [0.25, 0.3) is 0 Å². The molecule has 4 heteroatoms. The first-order chi connectivity index (χ1) is 13.2. The van der Waals surface area contributed by atoms with E-state index in [1.165, 1.54) is 32.1 Å². The molecule has 0 amide bonds. The highest BCUT2D eigenvalue weighted by Crippen LogP contribution is 2.68. The molecule has 4 aliphatic rings. The van der Waals surface area contributed by atoms with Gasteiger partial charge < -0.3 is 15.9 Å². The SMILES string of the molecule is C[C@H](CCC(=O)O)[C@H]1CCC2C3C(CCC21C)C1(C)CC[C@@H](N)CC1C[C@H]3O. The summed E-state index contributed by atoms with van der Waals surface area (Å²) in [6, 6.07) is 0.321. The van der Waals surface area contributed by atoms with E-state index in [2.05, 4.69) is 20.8 Å². The minimum atomic E-state index is -0.674. The lowest BCUT2D eigenvalue weighted by atomic mass is 9.43. The highest BCUT2D eigenvalue weighted by Gasteiger charge is 2.62. The van der Waals surface area contributed by atoms with E-state index in [1.54, 1.807) is 0 Å². The van der Waals surface area contributed by atoms with E-state index in [0.29, 0.717) is 47.0 Å².